The first-order chi connectivity index (χ1) is 11.9. The predicted octanol–water partition coefficient (Wildman–Crippen LogP) is 4.84. The minimum Gasteiger partial charge on any atom is -0.403 e. The van der Waals surface area contributed by atoms with Gasteiger partial charge in [0, 0.05) is 5.02 Å². The summed E-state index contributed by atoms with van der Waals surface area (Å²) < 4.78 is 5.46. The maximum Gasteiger partial charge on any atom is 0.322 e. The zero-order valence-corrected chi connectivity index (χ0v) is 15.1. The minimum atomic E-state index is -0.240. The first-order valence-electron chi connectivity index (χ1n) is 7.57. The van der Waals surface area contributed by atoms with Gasteiger partial charge >= 0.3 is 6.01 Å². The molecule has 1 heterocycles. The second kappa shape index (κ2) is 7.25. The number of carbonyl (C=O) groups is 1. The molecule has 3 rings (SSSR count). The van der Waals surface area contributed by atoms with E-state index in [1.807, 2.05) is 32.0 Å². The van der Waals surface area contributed by atoms with Crippen molar-refractivity contribution in [2.75, 3.05) is 5.32 Å². The number of hydrogen-bond acceptors (Lipinski definition) is 4. The van der Waals surface area contributed by atoms with Crippen molar-refractivity contribution in [3.8, 4) is 11.5 Å². The van der Waals surface area contributed by atoms with Crippen LogP contribution in [0.1, 0.15) is 16.7 Å². The molecule has 0 spiro atoms. The third-order valence-electron chi connectivity index (χ3n) is 3.77. The van der Waals surface area contributed by atoms with Gasteiger partial charge in [0.1, 0.15) is 0 Å². The molecule has 25 heavy (non-hydrogen) atoms. The van der Waals surface area contributed by atoms with Gasteiger partial charge in [0.2, 0.25) is 5.91 Å². The lowest BCUT2D eigenvalue weighted by molar-refractivity contribution is -0.115. The van der Waals surface area contributed by atoms with Crippen LogP contribution >= 0.6 is 23.2 Å². The Kier molecular flexibility index (Phi) is 5.06. The van der Waals surface area contributed by atoms with Crippen molar-refractivity contribution in [1.29, 1.82) is 0 Å². The molecule has 0 saturated carbocycles. The number of anilines is 1. The Morgan fingerprint density at radius 1 is 1.08 bits per heavy atom. The molecule has 0 aliphatic rings. The van der Waals surface area contributed by atoms with E-state index in [1.54, 1.807) is 18.2 Å². The van der Waals surface area contributed by atoms with Crippen LogP contribution in [0.15, 0.2) is 40.8 Å². The lowest BCUT2D eigenvalue weighted by atomic mass is 10.0. The van der Waals surface area contributed by atoms with E-state index in [1.165, 1.54) is 5.56 Å². The summed E-state index contributed by atoms with van der Waals surface area (Å²) in [5.41, 5.74) is 3.75. The molecule has 128 valence electrons. The standard InChI is InChI=1S/C18H15Cl2N3O2/c1-10-3-4-12(7-11(10)2)8-16(24)21-18-23-22-17(25-18)14-9-13(19)5-6-15(14)20/h3-7,9H,8H2,1-2H3,(H,21,23,24). The third kappa shape index (κ3) is 4.18. The fraction of sp³-hybridized carbons (Fsp3) is 0.167. The van der Waals surface area contributed by atoms with Gasteiger partial charge in [-0.15, -0.1) is 5.10 Å². The summed E-state index contributed by atoms with van der Waals surface area (Å²) in [6.07, 6.45) is 0.219. The summed E-state index contributed by atoms with van der Waals surface area (Å²) in [4.78, 5) is 12.2. The molecular weight excluding hydrogens is 361 g/mol. The largest absolute Gasteiger partial charge is 0.403 e. The minimum absolute atomic E-state index is 0.0138. The lowest BCUT2D eigenvalue weighted by Crippen LogP contribution is -2.14. The van der Waals surface area contributed by atoms with Gasteiger partial charge in [-0.25, -0.2) is 0 Å². The summed E-state index contributed by atoms with van der Waals surface area (Å²) in [6.45, 7) is 4.04. The van der Waals surface area contributed by atoms with Crippen molar-refractivity contribution < 1.29 is 9.21 Å². The fourth-order valence-corrected chi connectivity index (χ4v) is 2.68. The number of nitrogens with one attached hydrogen (secondary N) is 1. The molecular formula is C18H15Cl2N3O2. The van der Waals surface area contributed by atoms with Crippen molar-refractivity contribution in [2.45, 2.75) is 20.3 Å². The van der Waals surface area contributed by atoms with Crippen molar-refractivity contribution in [2.24, 2.45) is 0 Å². The van der Waals surface area contributed by atoms with E-state index in [0.29, 0.717) is 15.6 Å². The SMILES string of the molecule is Cc1ccc(CC(=O)Nc2nnc(-c3cc(Cl)ccc3Cl)o2)cc1C. The van der Waals surface area contributed by atoms with E-state index in [9.17, 15) is 4.79 Å². The second-order valence-corrected chi connectivity index (χ2v) is 6.52. The van der Waals surface area contributed by atoms with E-state index in [0.717, 1.165) is 11.1 Å². The Hall–Kier alpha value is -2.37. The average Bonchev–Trinajstić information content (AvgIpc) is 3.01. The highest BCUT2D eigenvalue weighted by molar-refractivity contribution is 6.35. The average molecular weight is 376 g/mol. The van der Waals surface area contributed by atoms with Gasteiger partial charge < -0.3 is 4.42 Å². The summed E-state index contributed by atoms with van der Waals surface area (Å²) in [5.74, 6) is -0.0513. The number of aryl methyl sites for hydroxylation is 2. The van der Waals surface area contributed by atoms with Crippen molar-refractivity contribution >= 4 is 35.1 Å². The summed E-state index contributed by atoms with van der Waals surface area (Å²) in [5, 5.41) is 11.2. The van der Waals surface area contributed by atoms with Crippen LogP contribution in [0.2, 0.25) is 10.0 Å². The Morgan fingerprint density at radius 3 is 2.64 bits per heavy atom. The van der Waals surface area contributed by atoms with Gasteiger partial charge in [0.15, 0.2) is 0 Å². The van der Waals surface area contributed by atoms with Crippen molar-refractivity contribution in [3.05, 3.63) is 63.1 Å². The van der Waals surface area contributed by atoms with Gasteiger partial charge in [-0.1, -0.05) is 46.5 Å². The molecule has 0 fully saturated rings. The van der Waals surface area contributed by atoms with Crippen LogP contribution in [0.25, 0.3) is 11.5 Å². The van der Waals surface area contributed by atoms with Crippen LogP contribution in [0.5, 0.6) is 0 Å². The first kappa shape index (κ1) is 17.5. The van der Waals surface area contributed by atoms with Crippen LogP contribution in [0, 0.1) is 13.8 Å². The molecule has 3 aromatic rings. The van der Waals surface area contributed by atoms with E-state index >= 15 is 0 Å². The number of carbonyl (C=O) groups excluding carboxylic acids is 1. The Balaban J connectivity index is 1.71. The van der Waals surface area contributed by atoms with Gasteiger partial charge in [0.05, 0.1) is 17.0 Å². The molecule has 2 aromatic carbocycles. The molecule has 0 aliphatic heterocycles. The molecule has 0 atom stereocenters. The van der Waals surface area contributed by atoms with E-state index in [-0.39, 0.29) is 24.2 Å². The maximum atomic E-state index is 12.2. The highest BCUT2D eigenvalue weighted by Gasteiger charge is 2.14. The van der Waals surface area contributed by atoms with Crippen molar-refractivity contribution in [1.82, 2.24) is 10.2 Å². The highest BCUT2D eigenvalue weighted by atomic mass is 35.5. The Labute approximate surface area is 155 Å². The van der Waals surface area contributed by atoms with Crippen LogP contribution < -0.4 is 5.32 Å². The van der Waals surface area contributed by atoms with Gasteiger partial charge in [-0.3, -0.25) is 10.1 Å². The molecule has 0 aliphatic carbocycles. The van der Waals surface area contributed by atoms with Gasteiger partial charge in [-0.05, 0) is 48.7 Å². The van der Waals surface area contributed by atoms with Crippen LogP contribution in [-0.2, 0) is 11.2 Å². The molecule has 0 bridgehead atoms. The summed E-state index contributed by atoms with van der Waals surface area (Å²) >= 11 is 12.1. The summed E-state index contributed by atoms with van der Waals surface area (Å²) in [7, 11) is 0. The van der Waals surface area contributed by atoms with Crippen molar-refractivity contribution in [3.63, 3.8) is 0 Å². The fourth-order valence-electron chi connectivity index (χ4n) is 2.31. The smallest absolute Gasteiger partial charge is 0.322 e. The molecule has 5 nitrogen and oxygen atoms in total. The van der Waals surface area contributed by atoms with Gasteiger partial charge in [-0.2, -0.15) is 0 Å². The van der Waals surface area contributed by atoms with E-state index < -0.39 is 0 Å². The van der Waals surface area contributed by atoms with Gasteiger partial charge in [0.25, 0.3) is 5.89 Å². The Morgan fingerprint density at radius 2 is 1.88 bits per heavy atom. The number of nitrogens with zero attached hydrogens (tertiary/aromatic N) is 2. The number of amides is 1. The normalized spacial score (nSPS) is 10.7. The molecule has 0 unspecified atom stereocenters. The quantitative estimate of drug-likeness (QED) is 0.707. The first-order valence-corrected chi connectivity index (χ1v) is 8.33. The zero-order chi connectivity index (χ0) is 18.0. The van der Waals surface area contributed by atoms with Crippen LogP contribution in [-0.4, -0.2) is 16.1 Å². The second-order valence-electron chi connectivity index (χ2n) is 5.68. The van der Waals surface area contributed by atoms with E-state index in [4.69, 9.17) is 27.6 Å². The topological polar surface area (TPSA) is 68.0 Å². The predicted molar refractivity (Wildman–Crippen MR) is 98.0 cm³/mol. The number of aromatic nitrogens is 2. The van der Waals surface area contributed by atoms with Crippen LogP contribution in [0.3, 0.4) is 0 Å². The highest BCUT2D eigenvalue weighted by Crippen LogP contribution is 2.30. The number of rotatable bonds is 4. The molecule has 0 saturated heterocycles. The number of halogens is 2. The Bertz CT molecular complexity index is 938. The summed E-state index contributed by atoms with van der Waals surface area (Å²) in [6, 6.07) is 10.8. The van der Waals surface area contributed by atoms with E-state index in [2.05, 4.69) is 15.5 Å². The molecule has 0 radical (unpaired) electrons. The monoisotopic (exact) mass is 375 g/mol. The molecule has 1 amide bonds. The zero-order valence-electron chi connectivity index (χ0n) is 13.6. The third-order valence-corrected chi connectivity index (χ3v) is 4.33. The lowest BCUT2D eigenvalue weighted by Gasteiger charge is -2.04. The number of hydrogen-bond donors (Lipinski definition) is 1. The molecule has 7 heteroatoms. The molecule has 1 N–H and O–H groups in total. The molecule has 1 aromatic heterocycles. The maximum absolute atomic E-state index is 12.2. The number of benzene rings is 2. The van der Waals surface area contributed by atoms with Crippen LogP contribution in [0.4, 0.5) is 6.01 Å².